The van der Waals surface area contributed by atoms with Gasteiger partial charge in [-0.2, -0.15) is 0 Å². The second-order valence-corrected chi connectivity index (χ2v) is 5.12. The van der Waals surface area contributed by atoms with Crippen molar-refractivity contribution in [1.29, 1.82) is 0 Å². The molecule has 0 radical (unpaired) electrons. The predicted molar refractivity (Wildman–Crippen MR) is 70.5 cm³/mol. The van der Waals surface area contributed by atoms with Gasteiger partial charge < -0.3 is 15.0 Å². The molecule has 1 unspecified atom stereocenters. The highest BCUT2D eigenvalue weighted by Gasteiger charge is 2.24. The van der Waals surface area contributed by atoms with Gasteiger partial charge in [0.25, 0.3) is 0 Å². The maximum Gasteiger partial charge on any atom is 0.236 e. The van der Waals surface area contributed by atoms with Crippen LogP contribution in [-0.2, 0) is 9.53 Å². The lowest BCUT2D eigenvalue weighted by Gasteiger charge is -2.33. The van der Waals surface area contributed by atoms with Crippen LogP contribution in [0.25, 0.3) is 0 Å². The van der Waals surface area contributed by atoms with Gasteiger partial charge >= 0.3 is 0 Å². The third-order valence-corrected chi connectivity index (χ3v) is 3.74. The topological polar surface area (TPSA) is 44.8 Å². The van der Waals surface area contributed by atoms with Gasteiger partial charge in [0.1, 0.15) is 0 Å². The van der Waals surface area contributed by atoms with E-state index in [0.29, 0.717) is 13.2 Å². The number of ether oxygens (including phenoxy) is 1. The molecule has 2 fully saturated rings. The summed E-state index contributed by atoms with van der Waals surface area (Å²) in [6.45, 7) is 8.95. The molecule has 2 aliphatic rings. The van der Waals surface area contributed by atoms with Gasteiger partial charge in [0.05, 0.1) is 19.3 Å². The van der Waals surface area contributed by atoms with Gasteiger partial charge in [-0.15, -0.1) is 0 Å². The lowest BCUT2D eigenvalue weighted by atomic mass is 10.2. The van der Waals surface area contributed by atoms with Crippen LogP contribution in [0.1, 0.15) is 19.8 Å². The minimum absolute atomic E-state index is 0.230. The molecule has 2 heterocycles. The Bertz CT molecular complexity index is 265. The van der Waals surface area contributed by atoms with Gasteiger partial charge in [-0.05, 0) is 25.9 Å². The number of amides is 1. The van der Waals surface area contributed by atoms with Crippen LogP contribution in [0.15, 0.2) is 0 Å². The molecule has 2 rings (SSSR count). The molecule has 1 N–H and O–H groups in total. The number of carbonyl (C=O) groups excluding carboxylic acids is 1. The summed E-state index contributed by atoms with van der Waals surface area (Å²) >= 11 is 0. The predicted octanol–water partition coefficient (Wildman–Crippen LogP) is -0.0809. The van der Waals surface area contributed by atoms with Crippen molar-refractivity contribution in [3.8, 4) is 0 Å². The molecule has 2 aliphatic heterocycles. The Morgan fingerprint density at radius 1 is 1.33 bits per heavy atom. The van der Waals surface area contributed by atoms with Crippen molar-refractivity contribution >= 4 is 5.91 Å². The van der Waals surface area contributed by atoms with Gasteiger partial charge in [-0.3, -0.25) is 9.69 Å². The highest BCUT2D eigenvalue weighted by Crippen LogP contribution is 2.09. The van der Waals surface area contributed by atoms with Crippen LogP contribution in [0, 0.1) is 0 Å². The van der Waals surface area contributed by atoms with E-state index in [9.17, 15) is 4.79 Å². The minimum Gasteiger partial charge on any atom is -0.375 e. The van der Waals surface area contributed by atoms with Gasteiger partial charge in [-0.25, -0.2) is 0 Å². The van der Waals surface area contributed by atoms with Crippen LogP contribution < -0.4 is 5.32 Å². The smallest absolute Gasteiger partial charge is 0.236 e. The van der Waals surface area contributed by atoms with Crippen molar-refractivity contribution in [2.75, 3.05) is 52.4 Å². The number of morpholine rings is 1. The number of nitrogens with zero attached hydrogens (tertiary/aromatic N) is 2. The second kappa shape index (κ2) is 7.07. The lowest BCUT2D eigenvalue weighted by molar-refractivity contribution is -0.140. The summed E-state index contributed by atoms with van der Waals surface area (Å²) in [5, 5.41) is 3.36. The van der Waals surface area contributed by atoms with Crippen molar-refractivity contribution in [2.45, 2.75) is 25.9 Å². The quantitative estimate of drug-likeness (QED) is 0.766. The fraction of sp³-hybridized carbons (Fsp3) is 0.923. The number of rotatable bonds is 3. The molecule has 5 nitrogen and oxygen atoms in total. The summed E-state index contributed by atoms with van der Waals surface area (Å²) in [6.07, 6.45) is 2.35. The van der Waals surface area contributed by atoms with E-state index in [1.807, 2.05) is 4.90 Å². The lowest BCUT2D eigenvalue weighted by Crippen LogP contribution is -2.49. The first-order valence-electron chi connectivity index (χ1n) is 7.12. The zero-order valence-electron chi connectivity index (χ0n) is 11.4. The summed E-state index contributed by atoms with van der Waals surface area (Å²) in [6, 6.07) is 0. The summed E-state index contributed by atoms with van der Waals surface area (Å²) in [7, 11) is 0. The minimum atomic E-state index is 0.230. The third-order valence-electron chi connectivity index (χ3n) is 3.74. The van der Waals surface area contributed by atoms with Crippen LogP contribution >= 0.6 is 0 Å². The Morgan fingerprint density at radius 3 is 3.06 bits per heavy atom. The van der Waals surface area contributed by atoms with Crippen LogP contribution in [0.5, 0.6) is 0 Å². The van der Waals surface area contributed by atoms with E-state index in [1.165, 1.54) is 0 Å². The van der Waals surface area contributed by atoms with E-state index in [0.717, 1.165) is 52.1 Å². The van der Waals surface area contributed by atoms with Gasteiger partial charge in [0, 0.05) is 26.2 Å². The fourth-order valence-electron chi connectivity index (χ4n) is 2.54. The van der Waals surface area contributed by atoms with E-state index < -0.39 is 0 Å². The van der Waals surface area contributed by atoms with Crippen molar-refractivity contribution < 1.29 is 9.53 Å². The molecular formula is C13H25N3O2. The Labute approximate surface area is 109 Å². The first kappa shape index (κ1) is 13.8. The zero-order valence-corrected chi connectivity index (χ0v) is 11.4. The molecule has 0 aromatic carbocycles. The molecule has 0 spiro atoms. The highest BCUT2D eigenvalue weighted by molar-refractivity contribution is 5.78. The van der Waals surface area contributed by atoms with E-state index >= 15 is 0 Å². The second-order valence-electron chi connectivity index (χ2n) is 5.12. The molecule has 0 aliphatic carbocycles. The maximum atomic E-state index is 12.2. The Hall–Kier alpha value is -0.650. The van der Waals surface area contributed by atoms with Crippen LogP contribution in [0.3, 0.4) is 0 Å². The number of nitrogens with one attached hydrogen (secondary N) is 1. The van der Waals surface area contributed by atoms with Crippen LogP contribution in [-0.4, -0.2) is 74.2 Å². The number of hydrogen-bond donors (Lipinski definition) is 1. The van der Waals surface area contributed by atoms with Crippen LogP contribution in [0.4, 0.5) is 0 Å². The average Bonchev–Trinajstić information content (AvgIpc) is 2.67. The van der Waals surface area contributed by atoms with Crippen molar-refractivity contribution in [1.82, 2.24) is 15.1 Å². The van der Waals surface area contributed by atoms with Gasteiger partial charge in [0.15, 0.2) is 0 Å². The summed E-state index contributed by atoms with van der Waals surface area (Å²) in [5.74, 6) is 0.263. The van der Waals surface area contributed by atoms with Crippen LogP contribution in [0.2, 0.25) is 0 Å². The Morgan fingerprint density at radius 2 is 2.22 bits per heavy atom. The maximum absolute atomic E-state index is 12.2. The summed E-state index contributed by atoms with van der Waals surface area (Å²) in [5.41, 5.74) is 0. The van der Waals surface area contributed by atoms with Gasteiger partial charge in [-0.1, -0.05) is 6.92 Å². The molecule has 1 amide bonds. The van der Waals surface area contributed by atoms with E-state index in [2.05, 4.69) is 17.1 Å². The van der Waals surface area contributed by atoms with Crippen molar-refractivity contribution in [3.05, 3.63) is 0 Å². The average molecular weight is 255 g/mol. The molecule has 2 saturated heterocycles. The molecule has 0 saturated carbocycles. The van der Waals surface area contributed by atoms with E-state index in [4.69, 9.17) is 4.74 Å². The summed E-state index contributed by atoms with van der Waals surface area (Å²) < 4.78 is 5.60. The normalized spacial score (nSPS) is 26.9. The van der Waals surface area contributed by atoms with E-state index in [-0.39, 0.29) is 12.0 Å². The molecule has 0 bridgehead atoms. The standard InChI is InChI=1S/C13H25N3O2/c1-2-12-10-16(8-9-18-12)13(17)11-15-6-3-4-14-5-7-15/h12,14H,2-11H2,1H3. The molecular weight excluding hydrogens is 230 g/mol. The third kappa shape index (κ3) is 3.93. The highest BCUT2D eigenvalue weighted by atomic mass is 16.5. The largest absolute Gasteiger partial charge is 0.375 e. The first-order valence-corrected chi connectivity index (χ1v) is 7.12. The molecule has 5 heteroatoms. The summed E-state index contributed by atoms with van der Waals surface area (Å²) in [4.78, 5) is 16.5. The monoisotopic (exact) mass is 255 g/mol. The number of hydrogen-bond acceptors (Lipinski definition) is 4. The molecule has 0 aromatic rings. The Kier molecular flexibility index (Phi) is 5.41. The molecule has 18 heavy (non-hydrogen) atoms. The van der Waals surface area contributed by atoms with E-state index in [1.54, 1.807) is 0 Å². The van der Waals surface area contributed by atoms with Crippen molar-refractivity contribution in [3.63, 3.8) is 0 Å². The Balaban J connectivity index is 1.79. The number of carbonyl (C=O) groups is 1. The SMILES string of the molecule is CCC1CN(C(=O)CN2CCCNCC2)CCO1. The molecule has 1 atom stereocenters. The molecule has 104 valence electrons. The molecule has 0 aromatic heterocycles. The van der Waals surface area contributed by atoms with Gasteiger partial charge in [0.2, 0.25) is 5.91 Å². The van der Waals surface area contributed by atoms with Crippen molar-refractivity contribution in [2.24, 2.45) is 0 Å². The first-order chi connectivity index (χ1) is 8.79. The zero-order chi connectivity index (χ0) is 12.8. The fourth-order valence-corrected chi connectivity index (χ4v) is 2.54.